The lowest BCUT2D eigenvalue weighted by Crippen LogP contribution is -2.31. The van der Waals surface area contributed by atoms with Gasteiger partial charge in [0.2, 0.25) is 0 Å². The molecule has 1 aromatic carbocycles. The molecule has 1 rings (SSSR count). The molecule has 4 nitrogen and oxygen atoms in total. The quantitative estimate of drug-likeness (QED) is 0.829. The van der Waals surface area contributed by atoms with Gasteiger partial charge in [-0.2, -0.15) is 0 Å². The van der Waals surface area contributed by atoms with E-state index in [1.807, 2.05) is 45.9 Å². The summed E-state index contributed by atoms with van der Waals surface area (Å²) in [5, 5.41) is 8.94. The van der Waals surface area contributed by atoms with Crippen LogP contribution in [-0.2, 0) is 4.79 Å². The normalized spacial score (nSPS) is 13.1. The van der Waals surface area contributed by atoms with Gasteiger partial charge in [-0.05, 0) is 36.5 Å². The van der Waals surface area contributed by atoms with E-state index in [4.69, 9.17) is 15.6 Å². The molecule has 0 radical (unpaired) electrons. The molecule has 0 amide bonds. The lowest BCUT2D eigenvalue weighted by Gasteiger charge is -2.30. The van der Waals surface area contributed by atoms with Crippen molar-refractivity contribution in [2.24, 2.45) is 11.1 Å². The molecule has 0 saturated carbocycles. The minimum atomic E-state index is -0.830. The van der Waals surface area contributed by atoms with Gasteiger partial charge in [-0.25, -0.2) is 0 Å². The molecular weight excluding hydrogens is 242 g/mol. The van der Waals surface area contributed by atoms with Crippen LogP contribution in [0.2, 0.25) is 0 Å². The topological polar surface area (TPSA) is 72.5 Å². The number of nitrogens with two attached hydrogens (primary N) is 1. The summed E-state index contributed by atoms with van der Waals surface area (Å²) in [6, 6.07) is 5.45. The van der Waals surface area contributed by atoms with Crippen LogP contribution in [0.15, 0.2) is 18.2 Å². The van der Waals surface area contributed by atoms with Crippen LogP contribution < -0.4 is 10.5 Å². The summed E-state index contributed by atoms with van der Waals surface area (Å²) < 4.78 is 5.49. The Morgan fingerprint density at radius 3 is 2.58 bits per heavy atom. The number of carboxylic acids is 1. The number of carboxylic acid groups (broad SMARTS) is 1. The van der Waals surface area contributed by atoms with Crippen molar-refractivity contribution in [2.75, 3.05) is 6.61 Å². The molecule has 1 atom stereocenters. The molecule has 1 aromatic rings. The van der Waals surface area contributed by atoms with Gasteiger partial charge in [-0.3, -0.25) is 4.79 Å². The highest BCUT2D eigenvalue weighted by molar-refractivity contribution is 5.67. The first-order valence-corrected chi connectivity index (χ1v) is 6.48. The molecule has 0 saturated heterocycles. The Hall–Kier alpha value is -1.55. The first kappa shape index (κ1) is 15.5. The highest BCUT2D eigenvalue weighted by Gasteiger charge is 2.30. The molecule has 0 aliphatic carbocycles. The van der Waals surface area contributed by atoms with Gasteiger partial charge in [-0.15, -0.1) is 0 Å². The molecule has 4 heteroatoms. The maximum absolute atomic E-state index is 10.9. The van der Waals surface area contributed by atoms with E-state index >= 15 is 0 Å². The third kappa shape index (κ3) is 3.96. The van der Waals surface area contributed by atoms with Gasteiger partial charge >= 0.3 is 5.97 Å². The predicted octanol–water partition coefficient (Wildman–Crippen LogP) is 2.89. The molecule has 0 fully saturated rings. The molecule has 0 heterocycles. The Bertz CT molecular complexity index is 455. The summed E-state index contributed by atoms with van der Waals surface area (Å²) in [4.78, 5) is 10.9. The fourth-order valence-corrected chi connectivity index (χ4v) is 2.13. The van der Waals surface area contributed by atoms with Crippen LogP contribution in [0.3, 0.4) is 0 Å². The van der Waals surface area contributed by atoms with E-state index < -0.39 is 11.4 Å². The monoisotopic (exact) mass is 265 g/mol. The summed E-state index contributed by atoms with van der Waals surface area (Å²) in [5.74, 6) is 0.0117. The molecule has 0 bridgehead atoms. The van der Waals surface area contributed by atoms with Crippen LogP contribution >= 0.6 is 0 Å². The molecule has 106 valence electrons. The first-order valence-electron chi connectivity index (χ1n) is 6.48. The summed E-state index contributed by atoms with van der Waals surface area (Å²) in [6.45, 7) is 8.27. The third-order valence-corrected chi connectivity index (χ3v) is 3.31. The highest BCUT2D eigenvalue weighted by Crippen LogP contribution is 2.35. The van der Waals surface area contributed by atoms with Crippen LogP contribution in [0.1, 0.15) is 44.4 Å². The van der Waals surface area contributed by atoms with Crippen molar-refractivity contribution in [3.05, 3.63) is 29.3 Å². The van der Waals surface area contributed by atoms with E-state index in [0.717, 1.165) is 16.9 Å². The first-order chi connectivity index (χ1) is 8.77. The summed E-state index contributed by atoms with van der Waals surface area (Å²) >= 11 is 0. The van der Waals surface area contributed by atoms with Crippen LogP contribution in [0.25, 0.3) is 0 Å². The lowest BCUT2D eigenvalue weighted by molar-refractivity contribution is -0.139. The van der Waals surface area contributed by atoms with Crippen molar-refractivity contribution in [2.45, 2.75) is 40.2 Å². The van der Waals surface area contributed by atoms with Gasteiger partial charge in [-0.1, -0.05) is 26.0 Å². The van der Waals surface area contributed by atoms with Gasteiger partial charge < -0.3 is 15.6 Å². The minimum absolute atomic E-state index is 0.0421. The van der Waals surface area contributed by atoms with Crippen molar-refractivity contribution >= 4 is 5.97 Å². The van der Waals surface area contributed by atoms with Crippen molar-refractivity contribution in [1.29, 1.82) is 0 Å². The number of benzene rings is 1. The second-order valence-electron chi connectivity index (χ2n) is 5.49. The molecule has 1 unspecified atom stereocenters. The van der Waals surface area contributed by atoms with Crippen molar-refractivity contribution in [3.63, 3.8) is 0 Å². The fraction of sp³-hybridized carbons (Fsp3) is 0.533. The highest BCUT2D eigenvalue weighted by atomic mass is 16.5. The smallest absolute Gasteiger partial charge is 0.303 e. The Kier molecular flexibility index (Phi) is 4.95. The zero-order valence-electron chi connectivity index (χ0n) is 12.1. The van der Waals surface area contributed by atoms with Crippen LogP contribution in [0, 0.1) is 12.3 Å². The van der Waals surface area contributed by atoms with E-state index in [1.165, 1.54) is 0 Å². The largest absolute Gasteiger partial charge is 0.494 e. The fourth-order valence-electron chi connectivity index (χ4n) is 2.13. The second-order valence-corrected chi connectivity index (χ2v) is 5.49. The Morgan fingerprint density at radius 2 is 2.11 bits per heavy atom. The maximum Gasteiger partial charge on any atom is 0.303 e. The SMILES string of the molecule is CCOc1ccc(C(N)C(C)(C)CC(=O)O)cc1C. The molecular formula is C15H23NO3. The number of hydrogen-bond acceptors (Lipinski definition) is 3. The number of hydrogen-bond donors (Lipinski definition) is 2. The average Bonchev–Trinajstić information content (AvgIpc) is 2.29. The van der Waals surface area contributed by atoms with Gasteiger partial charge in [0.1, 0.15) is 5.75 Å². The Balaban J connectivity index is 2.96. The number of aliphatic carboxylic acids is 1. The molecule has 0 aromatic heterocycles. The van der Waals surface area contributed by atoms with Crippen LogP contribution in [-0.4, -0.2) is 17.7 Å². The molecule has 19 heavy (non-hydrogen) atoms. The second kappa shape index (κ2) is 6.06. The number of aryl methyl sites for hydroxylation is 1. The molecule has 0 aliphatic rings. The van der Waals surface area contributed by atoms with Gasteiger partial charge in [0, 0.05) is 6.04 Å². The van der Waals surface area contributed by atoms with E-state index in [1.54, 1.807) is 0 Å². The zero-order chi connectivity index (χ0) is 14.6. The molecule has 3 N–H and O–H groups in total. The van der Waals surface area contributed by atoms with Crippen molar-refractivity contribution in [1.82, 2.24) is 0 Å². The van der Waals surface area contributed by atoms with Crippen molar-refractivity contribution in [3.8, 4) is 5.75 Å². The van der Waals surface area contributed by atoms with Crippen LogP contribution in [0.4, 0.5) is 0 Å². The minimum Gasteiger partial charge on any atom is -0.494 e. The van der Waals surface area contributed by atoms with Gasteiger partial charge in [0.25, 0.3) is 0 Å². The van der Waals surface area contributed by atoms with E-state index in [-0.39, 0.29) is 12.5 Å². The standard InChI is InChI=1S/C15H23NO3/c1-5-19-12-7-6-11(8-10(12)2)14(16)15(3,4)9-13(17)18/h6-8,14H,5,9,16H2,1-4H3,(H,17,18). The molecule has 0 spiro atoms. The number of rotatable bonds is 6. The molecule has 0 aliphatic heterocycles. The number of ether oxygens (including phenoxy) is 1. The van der Waals surface area contributed by atoms with Crippen LogP contribution in [0.5, 0.6) is 5.75 Å². The predicted molar refractivity (Wildman–Crippen MR) is 75.3 cm³/mol. The number of carbonyl (C=O) groups is 1. The van der Waals surface area contributed by atoms with E-state index in [0.29, 0.717) is 6.61 Å². The average molecular weight is 265 g/mol. The maximum atomic E-state index is 10.9. The Morgan fingerprint density at radius 1 is 1.47 bits per heavy atom. The summed E-state index contributed by atoms with van der Waals surface area (Å²) in [6.07, 6.45) is 0.0421. The lowest BCUT2D eigenvalue weighted by atomic mass is 9.78. The van der Waals surface area contributed by atoms with E-state index in [2.05, 4.69) is 0 Å². The zero-order valence-corrected chi connectivity index (χ0v) is 12.1. The third-order valence-electron chi connectivity index (χ3n) is 3.31. The van der Waals surface area contributed by atoms with E-state index in [9.17, 15) is 4.79 Å². The summed E-state index contributed by atoms with van der Waals surface area (Å²) in [5.41, 5.74) is 7.67. The van der Waals surface area contributed by atoms with Crippen molar-refractivity contribution < 1.29 is 14.6 Å². The van der Waals surface area contributed by atoms with Gasteiger partial charge in [0.05, 0.1) is 13.0 Å². The Labute approximate surface area is 114 Å². The van der Waals surface area contributed by atoms with Gasteiger partial charge in [0.15, 0.2) is 0 Å². The summed E-state index contributed by atoms with van der Waals surface area (Å²) in [7, 11) is 0.